The second-order valence-electron chi connectivity index (χ2n) is 3.23. The Labute approximate surface area is 101 Å². The molecule has 0 fully saturated rings. The average Bonchev–Trinajstić information content (AvgIpc) is 2.58. The van der Waals surface area contributed by atoms with Crippen molar-refractivity contribution in [3.8, 4) is 5.82 Å². The van der Waals surface area contributed by atoms with Crippen LogP contribution in [0.1, 0.15) is 11.6 Å². The zero-order valence-electron chi connectivity index (χ0n) is 9.19. The lowest BCUT2D eigenvalue weighted by molar-refractivity contribution is 0.794. The molecule has 0 saturated carbocycles. The SMILES string of the molecule is CNc1ncc(Br)c(-n2nc(C)nc2C)n1. The van der Waals surface area contributed by atoms with E-state index in [1.165, 1.54) is 0 Å². The van der Waals surface area contributed by atoms with E-state index in [1.54, 1.807) is 17.9 Å². The number of hydrogen-bond donors (Lipinski definition) is 1. The lowest BCUT2D eigenvalue weighted by Gasteiger charge is -2.06. The van der Waals surface area contributed by atoms with Crippen molar-refractivity contribution in [2.75, 3.05) is 12.4 Å². The summed E-state index contributed by atoms with van der Waals surface area (Å²) < 4.78 is 2.46. The molecule has 2 aromatic heterocycles. The van der Waals surface area contributed by atoms with Gasteiger partial charge in [-0.25, -0.2) is 9.97 Å². The Morgan fingerprint density at radius 1 is 1.31 bits per heavy atom. The summed E-state index contributed by atoms with van der Waals surface area (Å²) in [5.74, 6) is 2.73. The summed E-state index contributed by atoms with van der Waals surface area (Å²) in [6, 6.07) is 0. The molecular formula is C9H11BrN6. The predicted octanol–water partition coefficient (Wildman–Crippen LogP) is 1.48. The molecule has 0 aromatic carbocycles. The van der Waals surface area contributed by atoms with Gasteiger partial charge in [0.25, 0.3) is 0 Å². The lowest BCUT2D eigenvalue weighted by atomic mass is 10.5. The van der Waals surface area contributed by atoms with Crippen LogP contribution in [0.5, 0.6) is 0 Å². The number of anilines is 1. The fourth-order valence-corrected chi connectivity index (χ4v) is 1.71. The molecule has 0 radical (unpaired) electrons. The van der Waals surface area contributed by atoms with Gasteiger partial charge in [0.1, 0.15) is 11.6 Å². The third kappa shape index (κ3) is 1.90. The lowest BCUT2D eigenvalue weighted by Crippen LogP contribution is -2.06. The number of rotatable bonds is 2. The summed E-state index contributed by atoms with van der Waals surface area (Å²) in [5.41, 5.74) is 0. The van der Waals surface area contributed by atoms with E-state index in [4.69, 9.17) is 0 Å². The maximum absolute atomic E-state index is 4.33. The maximum atomic E-state index is 4.33. The summed E-state index contributed by atoms with van der Waals surface area (Å²) >= 11 is 3.40. The molecule has 6 nitrogen and oxygen atoms in total. The van der Waals surface area contributed by atoms with E-state index in [1.807, 2.05) is 13.8 Å². The molecule has 2 heterocycles. The first-order chi connectivity index (χ1) is 7.61. The number of nitrogens with one attached hydrogen (secondary N) is 1. The van der Waals surface area contributed by atoms with Gasteiger partial charge in [-0.05, 0) is 29.8 Å². The highest BCUT2D eigenvalue weighted by Crippen LogP contribution is 2.19. The highest BCUT2D eigenvalue weighted by molar-refractivity contribution is 9.10. The van der Waals surface area contributed by atoms with Gasteiger partial charge >= 0.3 is 0 Å². The van der Waals surface area contributed by atoms with Crippen LogP contribution in [-0.4, -0.2) is 31.8 Å². The molecule has 0 spiro atoms. The van der Waals surface area contributed by atoms with Crippen LogP contribution in [0.15, 0.2) is 10.7 Å². The zero-order valence-corrected chi connectivity index (χ0v) is 10.8. The van der Waals surface area contributed by atoms with Crippen molar-refractivity contribution in [3.05, 3.63) is 22.3 Å². The largest absolute Gasteiger partial charge is 0.357 e. The van der Waals surface area contributed by atoms with Crippen molar-refractivity contribution in [1.29, 1.82) is 0 Å². The van der Waals surface area contributed by atoms with Gasteiger partial charge in [-0.2, -0.15) is 9.67 Å². The fraction of sp³-hybridized carbons (Fsp3) is 0.333. The van der Waals surface area contributed by atoms with E-state index < -0.39 is 0 Å². The molecule has 2 aromatic rings. The molecule has 0 unspecified atom stereocenters. The molecule has 0 aliphatic heterocycles. The van der Waals surface area contributed by atoms with E-state index >= 15 is 0 Å². The van der Waals surface area contributed by atoms with Gasteiger partial charge < -0.3 is 5.32 Å². The van der Waals surface area contributed by atoms with Crippen LogP contribution < -0.4 is 5.32 Å². The molecule has 0 amide bonds. The first-order valence-electron chi connectivity index (χ1n) is 4.72. The zero-order chi connectivity index (χ0) is 11.7. The molecule has 16 heavy (non-hydrogen) atoms. The molecule has 0 bridgehead atoms. The Kier molecular flexibility index (Phi) is 2.86. The van der Waals surface area contributed by atoms with E-state index in [9.17, 15) is 0 Å². The molecule has 2 rings (SSSR count). The molecule has 0 aliphatic rings. The fourth-order valence-electron chi connectivity index (χ4n) is 1.35. The van der Waals surface area contributed by atoms with Crippen molar-refractivity contribution in [2.24, 2.45) is 0 Å². The Hall–Kier alpha value is -1.50. The van der Waals surface area contributed by atoms with Crippen LogP contribution in [0.3, 0.4) is 0 Å². The minimum atomic E-state index is 0.547. The topological polar surface area (TPSA) is 68.5 Å². The number of hydrogen-bond acceptors (Lipinski definition) is 5. The van der Waals surface area contributed by atoms with Crippen molar-refractivity contribution in [3.63, 3.8) is 0 Å². The van der Waals surface area contributed by atoms with Crippen LogP contribution in [0.25, 0.3) is 5.82 Å². The van der Waals surface area contributed by atoms with Gasteiger partial charge in [0, 0.05) is 13.2 Å². The molecular weight excluding hydrogens is 272 g/mol. The van der Waals surface area contributed by atoms with Crippen LogP contribution in [0.4, 0.5) is 5.95 Å². The Morgan fingerprint density at radius 2 is 2.06 bits per heavy atom. The Morgan fingerprint density at radius 3 is 2.62 bits per heavy atom. The third-order valence-corrected chi connectivity index (χ3v) is 2.58. The van der Waals surface area contributed by atoms with Gasteiger partial charge in [0.15, 0.2) is 5.82 Å². The Balaban J connectivity index is 2.58. The molecule has 7 heteroatoms. The smallest absolute Gasteiger partial charge is 0.224 e. The number of aryl methyl sites for hydroxylation is 2. The highest BCUT2D eigenvalue weighted by Gasteiger charge is 2.11. The van der Waals surface area contributed by atoms with Gasteiger partial charge in [0.2, 0.25) is 5.95 Å². The van der Waals surface area contributed by atoms with E-state index in [0.29, 0.717) is 17.6 Å². The quantitative estimate of drug-likeness (QED) is 0.904. The number of aromatic nitrogens is 5. The van der Waals surface area contributed by atoms with Gasteiger partial charge in [-0.3, -0.25) is 0 Å². The average molecular weight is 283 g/mol. The minimum Gasteiger partial charge on any atom is -0.357 e. The van der Waals surface area contributed by atoms with E-state index in [2.05, 4.69) is 41.3 Å². The van der Waals surface area contributed by atoms with Crippen LogP contribution in [0, 0.1) is 13.8 Å². The van der Waals surface area contributed by atoms with Crippen LogP contribution in [0.2, 0.25) is 0 Å². The van der Waals surface area contributed by atoms with E-state index in [-0.39, 0.29) is 0 Å². The summed E-state index contributed by atoms with van der Waals surface area (Å²) in [6.07, 6.45) is 1.69. The van der Waals surface area contributed by atoms with Crippen molar-refractivity contribution in [2.45, 2.75) is 13.8 Å². The molecule has 84 valence electrons. The van der Waals surface area contributed by atoms with E-state index in [0.717, 1.165) is 10.3 Å². The minimum absolute atomic E-state index is 0.547. The first-order valence-corrected chi connectivity index (χ1v) is 5.52. The summed E-state index contributed by atoms with van der Waals surface area (Å²) in [4.78, 5) is 12.6. The van der Waals surface area contributed by atoms with Crippen molar-refractivity contribution in [1.82, 2.24) is 24.7 Å². The molecule has 0 aliphatic carbocycles. The number of halogens is 1. The van der Waals surface area contributed by atoms with Gasteiger partial charge in [-0.1, -0.05) is 0 Å². The third-order valence-electron chi connectivity index (χ3n) is 2.02. The molecule has 0 saturated heterocycles. The standard InChI is InChI=1S/C9H11BrN6/c1-5-13-6(2)16(15-5)8-7(10)4-12-9(11-3)14-8/h4H,1-3H3,(H,11,12,14). The van der Waals surface area contributed by atoms with Crippen molar-refractivity contribution < 1.29 is 0 Å². The Bertz CT molecular complexity index is 521. The highest BCUT2D eigenvalue weighted by atomic mass is 79.9. The van der Waals surface area contributed by atoms with Crippen molar-refractivity contribution >= 4 is 21.9 Å². The maximum Gasteiger partial charge on any atom is 0.224 e. The monoisotopic (exact) mass is 282 g/mol. The summed E-state index contributed by atoms with van der Waals surface area (Å²) in [6.45, 7) is 3.73. The second-order valence-corrected chi connectivity index (χ2v) is 4.09. The summed E-state index contributed by atoms with van der Waals surface area (Å²) in [7, 11) is 1.77. The van der Waals surface area contributed by atoms with Crippen LogP contribution >= 0.6 is 15.9 Å². The molecule has 0 atom stereocenters. The van der Waals surface area contributed by atoms with Crippen LogP contribution in [-0.2, 0) is 0 Å². The normalized spacial score (nSPS) is 10.5. The van der Waals surface area contributed by atoms with Gasteiger partial charge in [-0.15, -0.1) is 5.10 Å². The second kappa shape index (κ2) is 4.17. The predicted molar refractivity (Wildman–Crippen MR) is 63.7 cm³/mol. The van der Waals surface area contributed by atoms with Gasteiger partial charge in [0.05, 0.1) is 4.47 Å². The number of nitrogens with zero attached hydrogens (tertiary/aromatic N) is 5. The summed E-state index contributed by atoms with van der Waals surface area (Å²) in [5, 5.41) is 7.16. The molecule has 1 N–H and O–H groups in total. The first kappa shape index (κ1) is 11.0.